The first-order valence-corrected chi connectivity index (χ1v) is 9.47. The van der Waals surface area contributed by atoms with Crippen molar-refractivity contribution in [2.24, 2.45) is 5.73 Å². The van der Waals surface area contributed by atoms with Gasteiger partial charge in [-0.05, 0) is 32.4 Å². The first kappa shape index (κ1) is 20.3. The average Bonchev–Trinajstić information content (AvgIpc) is 3.00. The van der Waals surface area contributed by atoms with E-state index in [9.17, 15) is 13.2 Å². The Bertz CT molecular complexity index is 804. The molecule has 2 heterocycles. The van der Waals surface area contributed by atoms with E-state index in [1.807, 2.05) is 32.2 Å². The Morgan fingerprint density at radius 3 is 2.62 bits per heavy atom. The molecule has 0 aliphatic carbocycles. The van der Waals surface area contributed by atoms with Crippen molar-refractivity contribution in [2.45, 2.75) is 33.4 Å². The number of thioether (sulfide) groups is 1. The third-order valence-electron chi connectivity index (χ3n) is 3.12. The van der Waals surface area contributed by atoms with Crippen molar-refractivity contribution >= 4 is 38.8 Å². The number of thiazole rings is 1. The topological polar surface area (TPSA) is 63.8 Å². The van der Waals surface area contributed by atoms with Gasteiger partial charge in [-0.2, -0.15) is 13.2 Å². The van der Waals surface area contributed by atoms with Crippen molar-refractivity contribution in [2.75, 3.05) is 5.32 Å². The highest BCUT2D eigenvalue weighted by atomic mass is 32.2. The molecule has 3 N–H and O–H groups in total. The Labute approximate surface area is 158 Å². The van der Waals surface area contributed by atoms with Crippen LogP contribution >= 0.6 is 23.1 Å². The monoisotopic (exact) mass is 400 g/mol. The number of hydrogen-bond acceptors (Lipinski definition) is 6. The first-order chi connectivity index (χ1) is 12.2. The summed E-state index contributed by atoms with van der Waals surface area (Å²) in [6, 6.07) is 2.26. The SMILES string of the molecule is CC/C=C(\N)SC(=C(C)C)c1csc(Nc2ccc(C(F)(F)F)nc2)n1. The van der Waals surface area contributed by atoms with E-state index in [1.165, 1.54) is 29.2 Å². The van der Waals surface area contributed by atoms with Crippen LogP contribution in [-0.4, -0.2) is 9.97 Å². The van der Waals surface area contributed by atoms with Crippen LogP contribution in [0.3, 0.4) is 0 Å². The van der Waals surface area contributed by atoms with Crippen LogP contribution in [0.2, 0.25) is 0 Å². The van der Waals surface area contributed by atoms with Crippen LogP contribution in [0.25, 0.3) is 4.91 Å². The summed E-state index contributed by atoms with van der Waals surface area (Å²) < 4.78 is 37.7. The van der Waals surface area contributed by atoms with Crippen molar-refractivity contribution in [1.82, 2.24) is 9.97 Å². The van der Waals surface area contributed by atoms with Crippen LogP contribution in [0.1, 0.15) is 38.6 Å². The van der Waals surface area contributed by atoms with Crippen LogP contribution in [-0.2, 0) is 6.18 Å². The molecule has 0 bridgehead atoms. The second-order valence-electron chi connectivity index (χ2n) is 5.54. The summed E-state index contributed by atoms with van der Waals surface area (Å²) in [7, 11) is 0. The molecular formula is C17H19F3N4S2. The minimum Gasteiger partial charge on any atom is -0.394 e. The molecule has 0 amide bonds. The summed E-state index contributed by atoms with van der Waals surface area (Å²) >= 11 is 2.81. The van der Waals surface area contributed by atoms with Gasteiger partial charge in [0.2, 0.25) is 0 Å². The predicted octanol–water partition coefficient (Wildman–Crippen LogP) is 5.99. The zero-order valence-corrected chi connectivity index (χ0v) is 16.1. The second-order valence-corrected chi connectivity index (χ2v) is 7.48. The van der Waals surface area contributed by atoms with Crippen LogP contribution in [0.15, 0.2) is 40.4 Å². The van der Waals surface area contributed by atoms with Crippen LogP contribution < -0.4 is 11.1 Å². The van der Waals surface area contributed by atoms with Gasteiger partial charge in [0.15, 0.2) is 5.13 Å². The molecule has 2 rings (SSSR count). The predicted molar refractivity (Wildman–Crippen MR) is 103 cm³/mol. The third kappa shape index (κ3) is 5.50. The summed E-state index contributed by atoms with van der Waals surface area (Å²) in [5, 5.41) is 6.13. The fourth-order valence-corrected chi connectivity index (χ4v) is 3.66. The van der Waals surface area contributed by atoms with Gasteiger partial charge in [-0.15, -0.1) is 11.3 Å². The number of rotatable bonds is 6. The third-order valence-corrected chi connectivity index (χ3v) is 5.10. The normalized spacial score (nSPS) is 12.2. The largest absolute Gasteiger partial charge is 0.433 e. The minimum atomic E-state index is -4.45. The van der Waals surface area contributed by atoms with Crippen LogP contribution in [0, 0.1) is 0 Å². The zero-order chi connectivity index (χ0) is 19.3. The Kier molecular flexibility index (Phi) is 6.71. The lowest BCUT2D eigenvalue weighted by Gasteiger charge is -2.08. The van der Waals surface area contributed by atoms with Gasteiger partial charge < -0.3 is 11.1 Å². The highest BCUT2D eigenvalue weighted by Gasteiger charge is 2.32. The molecule has 4 nitrogen and oxygen atoms in total. The molecule has 0 spiro atoms. The highest BCUT2D eigenvalue weighted by molar-refractivity contribution is 8.11. The number of nitrogens with zero attached hydrogens (tertiary/aromatic N) is 2. The van der Waals surface area contributed by atoms with E-state index in [2.05, 4.69) is 15.3 Å². The quantitative estimate of drug-likeness (QED) is 0.623. The zero-order valence-electron chi connectivity index (χ0n) is 14.5. The molecular weight excluding hydrogens is 381 g/mol. The Morgan fingerprint density at radius 2 is 2.08 bits per heavy atom. The van der Waals surface area contributed by atoms with E-state index < -0.39 is 11.9 Å². The Balaban J connectivity index is 2.16. The first-order valence-electron chi connectivity index (χ1n) is 7.77. The molecule has 26 heavy (non-hydrogen) atoms. The summed E-state index contributed by atoms with van der Waals surface area (Å²) in [5.74, 6) is 0. The Hall–Kier alpha value is -2.00. The molecule has 140 valence electrons. The van der Waals surface area contributed by atoms with Crippen molar-refractivity contribution in [1.29, 1.82) is 0 Å². The summed E-state index contributed by atoms with van der Waals surface area (Å²) in [5.41, 5.74) is 7.36. The minimum absolute atomic E-state index is 0.440. The van der Waals surface area contributed by atoms with Crippen molar-refractivity contribution in [3.05, 3.63) is 51.8 Å². The van der Waals surface area contributed by atoms with Gasteiger partial charge in [0.1, 0.15) is 5.69 Å². The molecule has 2 aromatic heterocycles. The van der Waals surface area contributed by atoms with Gasteiger partial charge in [-0.1, -0.05) is 30.3 Å². The summed E-state index contributed by atoms with van der Waals surface area (Å²) in [6.45, 7) is 5.97. The molecule has 0 radical (unpaired) electrons. The van der Waals surface area contributed by atoms with E-state index in [0.29, 0.717) is 15.8 Å². The molecule has 0 aliphatic rings. The smallest absolute Gasteiger partial charge is 0.394 e. The van der Waals surface area contributed by atoms with Crippen molar-refractivity contribution in [3.8, 4) is 0 Å². The molecule has 0 aromatic carbocycles. The lowest BCUT2D eigenvalue weighted by molar-refractivity contribution is -0.141. The lowest BCUT2D eigenvalue weighted by Crippen LogP contribution is -2.07. The van der Waals surface area contributed by atoms with Gasteiger partial charge in [-0.25, -0.2) is 9.97 Å². The number of pyridine rings is 1. The fourth-order valence-electron chi connectivity index (χ4n) is 1.97. The number of nitrogens with one attached hydrogen (secondary N) is 1. The van der Waals surface area contributed by atoms with Crippen LogP contribution in [0.4, 0.5) is 24.0 Å². The maximum absolute atomic E-state index is 12.6. The van der Waals surface area contributed by atoms with Crippen molar-refractivity contribution < 1.29 is 13.2 Å². The number of aromatic nitrogens is 2. The van der Waals surface area contributed by atoms with Gasteiger partial charge in [0.05, 0.1) is 22.6 Å². The van der Waals surface area contributed by atoms with E-state index in [-0.39, 0.29) is 0 Å². The molecule has 0 atom stereocenters. The number of alkyl halides is 3. The number of anilines is 2. The van der Waals surface area contributed by atoms with Gasteiger partial charge >= 0.3 is 6.18 Å². The standard InChI is InChI=1S/C17H19F3N4S2/c1-4-5-14(21)26-15(10(2)3)12-9-25-16(24-12)23-11-6-7-13(22-8-11)17(18,19)20/h5-9H,4,21H2,1-3H3,(H,23,24)/b14-5+. The van der Waals surface area contributed by atoms with Crippen LogP contribution in [0.5, 0.6) is 0 Å². The van der Waals surface area contributed by atoms with Gasteiger partial charge in [0, 0.05) is 10.3 Å². The van der Waals surface area contributed by atoms with E-state index in [1.54, 1.807) is 0 Å². The summed E-state index contributed by atoms with van der Waals surface area (Å²) in [6.07, 6.45) is -0.524. The Morgan fingerprint density at radius 1 is 1.35 bits per heavy atom. The molecule has 0 fully saturated rings. The molecule has 0 unspecified atom stereocenters. The molecule has 2 aromatic rings. The van der Waals surface area contributed by atoms with E-state index >= 15 is 0 Å². The molecule has 0 saturated carbocycles. The van der Waals surface area contributed by atoms with E-state index in [4.69, 9.17) is 5.73 Å². The number of halogens is 3. The maximum Gasteiger partial charge on any atom is 0.433 e. The second kappa shape index (κ2) is 8.59. The number of allylic oxidation sites excluding steroid dienone is 2. The van der Waals surface area contributed by atoms with E-state index in [0.717, 1.165) is 34.9 Å². The number of hydrogen-bond donors (Lipinski definition) is 2. The van der Waals surface area contributed by atoms with Crippen molar-refractivity contribution in [3.63, 3.8) is 0 Å². The fraction of sp³-hybridized carbons (Fsp3) is 0.294. The maximum atomic E-state index is 12.6. The average molecular weight is 400 g/mol. The highest BCUT2D eigenvalue weighted by Crippen LogP contribution is 2.36. The molecule has 9 heteroatoms. The lowest BCUT2D eigenvalue weighted by atomic mass is 10.3. The summed E-state index contributed by atoms with van der Waals surface area (Å²) in [4.78, 5) is 8.90. The van der Waals surface area contributed by atoms with Gasteiger partial charge in [-0.3, -0.25) is 0 Å². The molecule has 0 saturated heterocycles. The molecule has 0 aliphatic heterocycles. The number of nitrogens with two attached hydrogens (primary N) is 1. The van der Waals surface area contributed by atoms with Gasteiger partial charge in [0.25, 0.3) is 0 Å².